The number of cyclic esters (lactones) is 1. The van der Waals surface area contributed by atoms with Crippen LogP contribution in [0.3, 0.4) is 0 Å². The fourth-order valence-electron chi connectivity index (χ4n) is 2.23. The number of non-ortho nitro benzene ring substituents is 1. The van der Waals surface area contributed by atoms with Gasteiger partial charge >= 0.3 is 5.97 Å². The Labute approximate surface area is 121 Å². The molecule has 0 radical (unpaired) electrons. The average molecular weight is 299 g/mol. The van der Waals surface area contributed by atoms with Crippen LogP contribution < -0.4 is 0 Å². The van der Waals surface area contributed by atoms with Crippen LogP contribution in [0.1, 0.15) is 5.56 Å². The molecular weight excluding hydrogens is 284 g/mol. The molecule has 1 aliphatic rings. The minimum Gasteiger partial charge on any atom is -0.463 e. The van der Waals surface area contributed by atoms with Crippen molar-refractivity contribution < 1.29 is 14.5 Å². The Balaban J connectivity index is 2.09. The van der Waals surface area contributed by atoms with Crippen molar-refractivity contribution >= 4 is 23.3 Å². The van der Waals surface area contributed by atoms with Crippen LogP contribution in [-0.2, 0) is 16.0 Å². The van der Waals surface area contributed by atoms with Crippen LogP contribution in [0.2, 0.25) is 0 Å². The summed E-state index contributed by atoms with van der Waals surface area (Å²) in [5.74, 6) is 0.184. The minimum absolute atomic E-state index is 0.0394. The highest BCUT2D eigenvalue weighted by atomic mass is 35.5. The van der Waals surface area contributed by atoms with Gasteiger partial charge in [-0.15, -0.1) is 11.6 Å². The molecule has 0 bridgehead atoms. The molecule has 2 rings (SSSR count). The topological polar surface area (TPSA) is 72.7 Å². The maximum absolute atomic E-state index is 11.8. The third-order valence-corrected chi connectivity index (χ3v) is 3.45. The molecule has 0 N–H and O–H groups in total. The van der Waals surface area contributed by atoms with Crippen LogP contribution in [0, 0.1) is 10.1 Å². The summed E-state index contributed by atoms with van der Waals surface area (Å²) in [5, 5.41) is 10.6. The summed E-state index contributed by atoms with van der Waals surface area (Å²) in [7, 11) is 0. The average Bonchev–Trinajstić information content (AvgIpc) is 2.43. The molecule has 1 unspecified atom stereocenters. The minimum atomic E-state index is -0.446. The number of halogens is 1. The number of rotatable bonds is 5. The summed E-state index contributed by atoms with van der Waals surface area (Å²) in [6, 6.07) is 5.84. The van der Waals surface area contributed by atoms with Gasteiger partial charge in [-0.1, -0.05) is 12.1 Å². The van der Waals surface area contributed by atoms with Crippen LogP contribution in [0.5, 0.6) is 0 Å². The molecule has 1 heterocycles. The number of ether oxygens (including phenoxy) is 1. The van der Waals surface area contributed by atoms with Gasteiger partial charge in [-0.3, -0.25) is 19.8 Å². The van der Waals surface area contributed by atoms with E-state index in [-0.39, 0.29) is 17.7 Å². The number of hydrogen-bond donors (Lipinski definition) is 0. The number of carbonyl (C=O) groups is 1. The molecule has 1 aromatic rings. The van der Waals surface area contributed by atoms with Gasteiger partial charge < -0.3 is 4.74 Å². The van der Waals surface area contributed by atoms with Crippen molar-refractivity contribution in [2.45, 2.75) is 12.5 Å². The molecule has 1 aromatic carbocycles. The maximum Gasteiger partial charge on any atom is 0.323 e. The molecule has 1 fully saturated rings. The molecule has 1 saturated heterocycles. The molecule has 6 nitrogen and oxygen atoms in total. The van der Waals surface area contributed by atoms with E-state index < -0.39 is 4.92 Å². The largest absolute Gasteiger partial charge is 0.463 e. The summed E-state index contributed by atoms with van der Waals surface area (Å²) in [6.45, 7) is 1.66. The number of benzene rings is 1. The summed E-state index contributed by atoms with van der Waals surface area (Å²) in [5.41, 5.74) is 0.900. The lowest BCUT2D eigenvalue weighted by atomic mass is 10.0. The van der Waals surface area contributed by atoms with E-state index >= 15 is 0 Å². The first-order chi connectivity index (χ1) is 9.61. The van der Waals surface area contributed by atoms with E-state index in [2.05, 4.69) is 0 Å². The van der Waals surface area contributed by atoms with Gasteiger partial charge in [0.1, 0.15) is 12.6 Å². The normalized spacial score (nSPS) is 19.6. The van der Waals surface area contributed by atoms with Crippen LogP contribution in [-0.4, -0.2) is 47.4 Å². The van der Waals surface area contributed by atoms with Crippen molar-refractivity contribution in [2.24, 2.45) is 0 Å². The Morgan fingerprint density at radius 3 is 2.70 bits per heavy atom. The van der Waals surface area contributed by atoms with Crippen LogP contribution >= 0.6 is 11.6 Å². The highest BCUT2D eigenvalue weighted by Gasteiger charge is 2.31. The first kappa shape index (κ1) is 14.7. The summed E-state index contributed by atoms with van der Waals surface area (Å²) in [6.07, 6.45) is 0.466. The van der Waals surface area contributed by atoms with Crippen molar-refractivity contribution in [3.8, 4) is 0 Å². The molecule has 1 aliphatic heterocycles. The van der Waals surface area contributed by atoms with E-state index in [4.69, 9.17) is 16.3 Å². The second kappa shape index (κ2) is 6.67. The molecule has 20 heavy (non-hydrogen) atoms. The molecule has 0 spiro atoms. The summed E-state index contributed by atoms with van der Waals surface area (Å²) in [4.78, 5) is 24.0. The number of esters is 1. The zero-order valence-corrected chi connectivity index (χ0v) is 11.6. The Morgan fingerprint density at radius 1 is 1.40 bits per heavy atom. The first-order valence-electron chi connectivity index (χ1n) is 6.32. The number of carbonyl (C=O) groups excluding carboxylic acids is 1. The molecule has 0 amide bonds. The van der Waals surface area contributed by atoms with Crippen LogP contribution in [0.15, 0.2) is 24.3 Å². The zero-order valence-electron chi connectivity index (χ0n) is 10.8. The molecular formula is C13H15ClN2O4. The third kappa shape index (κ3) is 3.46. The summed E-state index contributed by atoms with van der Waals surface area (Å²) >= 11 is 5.74. The fourth-order valence-corrected chi connectivity index (χ4v) is 2.45. The molecule has 108 valence electrons. The molecule has 0 aromatic heterocycles. The van der Waals surface area contributed by atoms with Gasteiger partial charge in [-0.05, 0) is 12.0 Å². The molecule has 1 atom stereocenters. The van der Waals surface area contributed by atoms with Gasteiger partial charge in [-0.2, -0.15) is 0 Å². The lowest BCUT2D eigenvalue weighted by Crippen LogP contribution is -2.50. The smallest absolute Gasteiger partial charge is 0.323 e. The SMILES string of the molecule is O=C1OCCN(CCCl)C1Cc1ccc([N+](=O)[O-])cc1. The fraction of sp³-hybridized carbons (Fsp3) is 0.462. The van der Waals surface area contributed by atoms with Gasteiger partial charge in [0.05, 0.1) is 4.92 Å². The predicted molar refractivity (Wildman–Crippen MR) is 73.8 cm³/mol. The lowest BCUT2D eigenvalue weighted by molar-refractivity contribution is -0.384. The van der Waals surface area contributed by atoms with E-state index in [1.165, 1.54) is 12.1 Å². The van der Waals surface area contributed by atoms with E-state index in [0.717, 1.165) is 5.56 Å². The number of nitro groups is 1. The zero-order chi connectivity index (χ0) is 14.5. The number of nitro benzene ring substituents is 1. The quantitative estimate of drug-likeness (QED) is 0.357. The van der Waals surface area contributed by atoms with Crippen molar-refractivity contribution in [2.75, 3.05) is 25.6 Å². The predicted octanol–water partition coefficient (Wildman–Crippen LogP) is 1.60. The van der Waals surface area contributed by atoms with E-state index in [1.807, 2.05) is 4.90 Å². The second-order valence-electron chi connectivity index (χ2n) is 4.54. The number of alkyl halides is 1. The van der Waals surface area contributed by atoms with Gasteiger partial charge in [0.25, 0.3) is 5.69 Å². The van der Waals surface area contributed by atoms with Gasteiger partial charge in [-0.25, -0.2) is 0 Å². The highest BCUT2D eigenvalue weighted by molar-refractivity contribution is 6.18. The number of nitrogens with zero attached hydrogens (tertiary/aromatic N) is 2. The Hall–Kier alpha value is -1.66. The first-order valence-corrected chi connectivity index (χ1v) is 6.85. The number of morpholine rings is 1. The van der Waals surface area contributed by atoms with Crippen LogP contribution in [0.25, 0.3) is 0 Å². The van der Waals surface area contributed by atoms with Crippen molar-refractivity contribution in [1.29, 1.82) is 0 Å². The Kier molecular flexibility index (Phi) is 4.92. The monoisotopic (exact) mass is 298 g/mol. The Morgan fingerprint density at radius 2 is 2.10 bits per heavy atom. The molecule has 0 saturated carbocycles. The standard InChI is InChI=1S/C13H15ClN2O4/c14-5-6-15-7-8-20-13(17)12(15)9-10-1-3-11(4-2-10)16(18)19/h1-4,12H,5-9H2. The Bertz CT molecular complexity index is 490. The van der Waals surface area contributed by atoms with Crippen molar-refractivity contribution in [3.05, 3.63) is 39.9 Å². The van der Waals surface area contributed by atoms with Gasteiger partial charge in [0, 0.05) is 31.1 Å². The molecule has 0 aliphatic carbocycles. The van der Waals surface area contributed by atoms with Crippen molar-refractivity contribution in [3.63, 3.8) is 0 Å². The third-order valence-electron chi connectivity index (χ3n) is 3.28. The van der Waals surface area contributed by atoms with Crippen molar-refractivity contribution in [1.82, 2.24) is 4.90 Å². The van der Waals surface area contributed by atoms with E-state index in [1.54, 1.807) is 12.1 Å². The maximum atomic E-state index is 11.8. The van der Waals surface area contributed by atoms with Gasteiger partial charge in [0.15, 0.2) is 0 Å². The highest BCUT2D eigenvalue weighted by Crippen LogP contribution is 2.17. The van der Waals surface area contributed by atoms with Gasteiger partial charge in [0.2, 0.25) is 0 Å². The van der Waals surface area contributed by atoms with E-state index in [0.29, 0.717) is 32.0 Å². The van der Waals surface area contributed by atoms with Crippen LogP contribution in [0.4, 0.5) is 5.69 Å². The van der Waals surface area contributed by atoms with E-state index in [9.17, 15) is 14.9 Å². The number of hydrogen-bond acceptors (Lipinski definition) is 5. The summed E-state index contributed by atoms with van der Waals surface area (Å²) < 4.78 is 5.07. The second-order valence-corrected chi connectivity index (χ2v) is 4.91. The lowest BCUT2D eigenvalue weighted by Gasteiger charge is -2.33. The molecule has 7 heteroatoms.